The van der Waals surface area contributed by atoms with Crippen LogP contribution in [0.3, 0.4) is 0 Å². The van der Waals surface area contributed by atoms with Gasteiger partial charge in [0, 0.05) is 24.4 Å². The Morgan fingerprint density at radius 3 is 2.28 bits per heavy atom. The molecular weight excluding hydrogens is 434 g/mol. The van der Waals surface area contributed by atoms with E-state index in [1.54, 1.807) is 30.3 Å². The van der Waals surface area contributed by atoms with Crippen molar-refractivity contribution in [1.29, 1.82) is 0 Å². The molecule has 3 rings (SSSR count). The largest absolute Gasteiger partial charge is 0.417 e. The normalized spacial score (nSPS) is 11.0. The van der Waals surface area contributed by atoms with Crippen LogP contribution in [0.1, 0.15) is 11.1 Å². The third-order valence-electron chi connectivity index (χ3n) is 4.58. The van der Waals surface area contributed by atoms with E-state index in [1.165, 1.54) is 12.1 Å². The second kappa shape index (κ2) is 10.0. The Bertz CT molecular complexity index is 1210. The number of sulfonamides is 1. The molecule has 0 fully saturated rings. The second-order valence-corrected chi connectivity index (χ2v) is 8.64. The minimum Gasteiger partial charge on any atom is -0.410 e. The van der Waals surface area contributed by atoms with Crippen LogP contribution in [0.5, 0.6) is 5.75 Å². The first-order chi connectivity index (χ1) is 15.2. The highest BCUT2D eigenvalue weighted by atomic mass is 32.2. The number of anilines is 1. The van der Waals surface area contributed by atoms with Gasteiger partial charge in [-0.1, -0.05) is 30.3 Å². The summed E-state index contributed by atoms with van der Waals surface area (Å²) in [5.74, 6) is 0.353. The van der Waals surface area contributed by atoms with Gasteiger partial charge in [0.2, 0.25) is 10.0 Å². The van der Waals surface area contributed by atoms with Gasteiger partial charge in [-0.2, -0.15) is 0 Å². The molecule has 0 saturated carbocycles. The second-order valence-electron chi connectivity index (χ2n) is 6.87. The molecule has 10 heteroatoms. The summed E-state index contributed by atoms with van der Waals surface area (Å²) in [5, 5.41) is 13.4. The molecule has 0 aromatic heterocycles. The summed E-state index contributed by atoms with van der Waals surface area (Å²) in [7, 11) is -3.78. The maximum Gasteiger partial charge on any atom is 0.417 e. The molecular formula is C22H21N3O6S. The molecule has 0 saturated heterocycles. The summed E-state index contributed by atoms with van der Waals surface area (Å²) < 4.78 is 32.3. The zero-order valence-electron chi connectivity index (χ0n) is 17.1. The van der Waals surface area contributed by atoms with Crippen LogP contribution < -0.4 is 14.8 Å². The Hall–Kier alpha value is -3.76. The van der Waals surface area contributed by atoms with E-state index in [0.717, 1.165) is 23.3 Å². The van der Waals surface area contributed by atoms with Crippen LogP contribution in [-0.4, -0.2) is 26.0 Å². The number of hydrogen-bond donors (Lipinski definition) is 2. The van der Waals surface area contributed by atoms with Gasteiger partial charge in [0.05, 0.1) is 9.82 Å². The third-order valence-corrected chi connectivity index (χ3v) is 6.06. The van der Waals surface area contributed by atoms with Crippen LogP contribution >= 0.6 is 0 Å². The average Bonchev–Trinajstić information content (AvgIpc) is 2.76. The Kier molecular flexibility index (Phi) is 7.18. The van der Waals surface area contributed by atoms with Gasteiger partial charge >= 0.3 is 6.09 Å². The summed E-state index contributed by atoms with van der Waals surface area (Å²) in [6.45, 7) is 2.01. The Morgan fingerprint density at radius 1 is 1.00 bits per heavy atom. The molecule has 1 amide bonds. The maximum atomic E-state index is 12.3. The van der Waals surface area contributed by atoms with E-state index < -0.39 is 21.0 Å². The molecule has 0 aliphatic heterocycles. The number of para-hydroxylation sites is 1. The lowest BCUT2D eigenvalue weighted by atomic mass is 10.1. The number of carbonyl (C=O) groups is 1. The zero-order valence-corrected chi connectivity index (χ0v) is 18.0. The van der Waals surface area contributed by atoms with Gasteiger partial charge in [0.15, 0.2) is 0 Å². The van der Waals surface area contributed by atoms with Crippen LogP contribution in [0.2, 0.25) is 0 Å². The van der Waals surface area contributed by atoms with Crippen molar-refractivity contribution in [2.24, 2.45) is 0 Å². The number of benzene rings is 3. The molecule has 3 aromatic carbocycles. The molecule has 2 N–H and O–H groups in total. The molecule has 0 aliphatic carbocycles. The molecule has 0 radical (unpaired) electrons. The smallest absolute Gasteiger partial charge is 0.410 e. The lowest BCUT2D eigenvalue weighted by Crippen LogP contribution is -2.26. The Labute approximate surface area is 185 Å². The highest BCUT2D eigenvalue weighted by Gasteiger charge is 2.15. The molecule has 32 heavy (non-hydrogen) atoms. The monoisotopic (exact) mass is 455 g/mol. The van der Waals surface area contributed by atoms with Gasteiger partial charge in [-0.15, -0.1) is 0 Å². The van der Waals surface area contributed by atoms with Crippen molar-refractivity contribution >= 4 is 27.5 Å². The van der Waals surface area contributed by atoms with Crippen molar-refractivity contribution in [3.8, 4) is 5.75 Å². The SMILES string of the molecule is Cc1ccccc1NC(=O)Oc1ccc(CCNS(=O)(=O)c2ccc([N+](=O)[O-])cc2)cc1. The first kappa shape index (κ1) is 22.9. The van der Waals surface area contributed by atoms with Crippen molar-refractivity contribution in [3.63, 3.8) is 0 Å². The average molecular weight is 455 g/mol. The van der Waals surface area contributed by atoms with Gasteiger partial charge in [-0.3, -0.25) is 15.4 Å². The molecule has 166 valence electrons. The molecule has 9 nitrogen and oxygen atoms in total. The number of aryl methyl sites for hydroxylation is 1. The lowest BCUT2D eigenvalue weighted by Gasteiger charge is -2.10. The summed E-state index contributed by atoms with van der Waals surface area (Å²) in [5.41, 5.74) is 2.23. The number of nitro benzene ring substituents is 1. The first-order valence-electron chi connectivity index (χ1n) is 9.62. The van der Waals surface area contributed by atoms with Crippen LogP contribution in [-0.2, 0) is 16.4 Å². The Balaban J connectivity index is 1.50. The quantitative estimate of drug-likeness (QED) is 0.390. The fourth-order valence-corrected chi connectivity index (χ4v) is 3.87. The summed E-state index contributed by atoms with van der Waals surface area (Å²) in [4.78, 5) is 22.1. The van der Waals surface area contributed by atoms with Crippen LogP contribution in [0.25, 0.3) is 0 Å². The number of amides is 1. The third kappa shape index (κ3) is 6.13. The molecule has 0 aliphatic rings. The minimum atomic E-state index is -3.78. The van der Waals surface area contributed by atoms with E-state index in [1.807, 2.05) is 25.1 Å². The number of nitrogens with zero attached hydrogens (tertiary/aromatic N) is 1. The predicted molar refractivity (Wildman–Crippen MR) is 119 cm³/mol. The molecule has 0 unspecified atom stereocenters. The van der Waals surface area contributed by atoms with E-state index in [0.29, 0.717) is 17.9 Å². The topological polar surface area (TPSA) is 128 Å². The predicted octanol–water partition coefficient (Wildman–Crippen LogP) is 4.04. The number of nitro groups is 1. The van der Waals surface area contributed by atoms with Crippen molar-refractivity contribution in [1.82, 2.24) is 4.72 Å². The molecule has 3 aromatic rings. The van der Waals surface area contributed by atoms with E-state index >= 15 is 0 Å². The van der Waals surface area contributed by atoms with E-state index in [4.69, 9.17) is 4.74 Å². The number of nitrogens with one attached hydrogen (secondary N) is 2. The lowest BCUT2D eigenvalue weighted by molar-refractivity contribution is -0.384. The van der Waals surface area contributed by atoms with Gasteiger partial charge in [0.1, 0.15) is 5.75 Å². The van der Waals surface area contributed by atoms with Crippen molar-refractivity contribution < 1.29 is 22.9 Å². The van der Waals surface area contributed by atoms with Crippen molar-refractivity contribution in [3.05, 3.63) is 94.0 Å². The first-order valence-corrected chi connectivity index (χ1v) is 11.1. The summed E-state index contributed by atoms with van der Waals surface area (Å²) in [6.07, 6.45) is -0.204. The van der Waals surface area contributed by atoms with Crippen LogP contribution in [0.15, 0.2) is 77.7 Å². The number of carbonyl (C=O) groups excluding carboxylic acids is 1. The zero-order chi connectivity index (χ0) is 23.1. The van der Waals surface area contributed by atoms with Crippen LogP contribution in [0, 0.1) is 17.0 Å². The van der Waals surface area contributed by atoms with Gasteiger partial charge < -0.3 is 4.74 Å². The van der Waals surface area contributed by atoms with E-state index in [-0.39, 0.29) is 17.1 Å². The standard InChI is InChI=1S/C22H21N3O6S/c1-16-4-2-3-5-21(16)24-22(26)31-19-10-6-17(7-11-19)14-15-23-32(29,30)20-12-8-18(9-13-20)25(27)28/h2-13,23H,14-15H2,1H3,(H,24,26). The van der Waals surface area contributed by atoms with Crippen molar-refractivity contribution in [2.75, 3.05) is 11.9 Å². The number of hydrogen-bond acceptors (Lipinski definition) is 6. The summed E-state index contributed by atoms with van der Waals surface area (Å²) >= 11 is 0. The molecule has 0 bridgehead atoms. The van der Waals surface area contributed by atoms with Crippen molar-refractivity contribution in [2.45, 2.75) is 18.2 Å². The highest BCUT2D eigenvalue weighted by Crippen LogP contribution is 2.17. The van der Waals surface area contributed by atoms with Gasteiger partial charge in [-0.05, 0) is 54.8 Å². The van der Waals surface area contributed by atoms with Crippen LogP contribution in [0.4, 0.5) is 16.2 Å². The Morgan fingerprint density at radius 2 is 1.66 bits per heavy atom. The molecule has 0 heterocycles. The van der Waals surface area contributed by atoms with E-state index in [9.17, 15) is 23.3 Å². The number of ether oxygens (including phenoxy) is 1. The van der Waals surface area contributed by atoms with E-state index in [2.05, 4.69) is 10.0 Å². The molecule has 0 spiro atoms. The number of non-ortho nitro benzene ring substituents is 1. The highest BCUT2D eigenvalue weighted by molar-refractivity contribution is 7.89. The fraction of sp³-hybridized carbons (Fsp3) is 0.136. The number of rotatable bonds is 8. The fourth-order valence-electron chi connectivity index (χ4n) is 2.84. The molecule has 0 atom stereocenters. The maximum absolute atomic E-state index is 12.3. The van der Waals surface area contributed by atoms with Gasteiger partial charge in [-0.25, -0.2) is 17.9 Å². The minimum absolute atomic E-state index is 0.0495. The summed E-state index contributed by atoms with van der Waals surface area (Å²) in [6, 6.07) is 18.7. The van der Waals surface area contributed by atoms with Gasteiger partial charge in [0.25, 0.3) is 5.69 Å².